The number of rotatable bonds is 8. The lowest BCUT2D eigenvalue weighted by molar-refractivity contribution is 0.180. The molecule has 160 valence electrons. The predicted octanol–water partition coefficient (Wildman–Crippen LogP) is 2.78. The number of aliphatic hydroxyl groups is 1. The number of benzene rings is 1. The van der Waals surface area contributed by atoms with Crippen LogP contribution in [0.5, 0.6) is 11.5 Å². The summed E-state index contributed by atoms with van der Waals surface area (Å²) in [5, 5.41) is 16.8. The molecular weight excluding hydrogens is 372 g/mol. The van der Waals surface area contributed by atoms with Crippen LogP contribution >= 0.6 is 0 Å². The molecule has 0 fully saturated rings. The minimum atomic E-state index is -0.743. The number of hydrogen-bond acceptors (Lipinski definition) is 6. The summed E-state index contributed by atoms with van der Waals surface area (Å²) in [6.45, 7) is 9.46. The van der Waals surface area contributed by atoms with Crippen LogP contribution in [0.1, 0.15) is 51.0 Å². The standard InChI is InChI=1S/C21H32N4O4/c1-7-22-20(25-13-19-23-12-18(29-19)21(2,3)4)24-11-15(26)14-8-9-16(27-5)17(10-14)28-6/h8-10,12,15,26H,7,11,13H2,1-6H3,(H2,22,24,25). The van der Waals surface area contributed by atoms with Gasteiger partial charge in [0.2, 0.25) is 5.89 Å². The van der Waals surface area contributed by atoms with Crippen LogP contribution in [0.15, 0.2) is 33.8 Å². The molecule has 0 aliphatic rings. The van der Waals surface area contributed by atoms with Crippen LogP contribution in [0.3, 0.4) is 0 Å². The van der Waals surface area contributed by atoms with Crippen LogP contribution in [0.2, 0.25) is 0 Å². The smallest absolute Gasteiger partial charge is 0.216 e. The highest BCUT2D eigenvalue weighted by atomic mass is 16.5. The molecule has 0 saturated carbocycles. The number of hydrogen-bond donors (Lipinski definition) is 3. The third-order valence-electron chi connectivity index (χ3n) is 4.26. The molecule has 8 nitrogen and oxygen atoms in total. The Morgan fingerprint density at radius 3 is 2.52 bits per heavy atom. The summed E-state index contributed by atoms with van der Waals surface area (Å²) >= 11 is 0. The molecule has 0 saturated heterocycles. The van der Waals surface area contributed by atoms with Crippen LogP contribution in [0, 0.1) is 0 Å². The molecule has 0 bridgehead atoms. The Balaban J connectivity index is 2.01. The number of methoxy groups -OCH3 is 2. The van der Waals surface area contributed by atoms with Gasteiger partial charge in [-0.3, -0.25) is 0 Å². The van der Waals surface area contributed by atoms with Gasteiger partial charge >= 0.3 is 0 Å². The van der Waals surface area contributed by atoms with Crippen molar-refractivity contribution in [3.05, 3.63) is 41.6 Å². The van der Waals surface area contributed by atoms with E-state index in [4.69, 9.17) is 13.9 Å². The van der Waals surface area contributed by atoms with Gasteiger partial charge in [0, 0.05) is 18.5 Å². The lowest BCUT2D eigenvalue weighted by atomic mass is 9.94. The second-order valence-corrected chi connectivity index (χ2v) is 7.57. The molecule has 2 aromatic rings. The van der Waals surface area contributed by atoms with Crippen molar-refractivity contribution in [1.82, 2.24) is 15.6 Å². The molecule has 1 heterocycles. The summed E-state index contributed by atoms with van der Waals surface area (Å²) in [5.74, 6) is 3.13. The number of ether oxygens (including phenoxy) is 2. The quantitative estimate of drug-likeness (QED) is 0.459. The molecule has 0 amide bonds. The van der Waals surface area contributed by atoms with E-state index in [1.54, 1.807) is 38.6 Å². The zero-order valence-electron chi connectivity index (χ0n) is 18.1. The Morgan fingerprint density at radius 1 is 1.21 bits per heavy atom. The summed E-state index contributed by atoms with van der Waals surface area (Å²) in [6, 6.07) is 5.33. The number of nitrogens with zero attached hydrogens (tertiary/aromatic N) is 2. The molecule has 0 spiro atoms. The number of aromatic nitrogens is 1. The van der Waals surface area contributed by atoms with Gasteiger partial charge in [-0.25, -0.2) is 9.98 Å². The summed E-state index contributed by atoms with van der Waals surface area (Å²) in [7, 11) is 3.14. The minimum Gasteiger partial charge on any atom is -0.493 e. The van der Waals surface area contributed by atoms with Crippen LogP contribution in [-0.2, 0) is 12.0 Å². The van der Waals surface area contributed by atoms with Crippen molar-refractivity contribution >= 4 is 5.96 Å². The minimum absolute atomic E-state index is 0.0960. The topological polar surface area (TPSA) is 101 Å². The zero-order chi connectivity index (χ0) is 21.4. The first kappa shape index (κ1) is 22.5. The molecule has 2 rings (SSSR count). The van der Waals surface area contributed by atoms with Gasteiger partial charge in [0.25, 0.3) is 0 Å². The molecule has 1 aromatic carbocycles. The van der Waals surface area contributed by atoms with Crippen molar-refractivity contribution in [1.29, 1.82) is 0 Å². The first-order valence-corrected chi connectivity index (χ1v) is 9.65. The van der Waals surface area contributed by atoms with E-state index < -0.39 is 6.10 Å². The largest absolute Gasteiger partial charge is 0.493 e. The molecule has 3 N–H and O–H groups in total. The average molecular weight is 405 g/mol. The summed E-state index contributed by atoms with van der Waals surface area (Å²) in [6.07, 6.45) is 0.999. The van der Waals surface area contributed by atoms with Crippen molar-refractivity contribution in [2.24, 2.45) is 4.99 Å². The fraction of sp³-hybridized carbons (Fsp3) is 0.524. The van der Waals surface area contributed by atoms with Crippen LogP contribution in [0.25, 0.3) is 0 Å². The fourth-order valence-electron chi connectivity index (χ4n) is 2.59. The van der Waals surface area contributed by atoms with Crippen molar-refractivity contribution in [2.75, 3.05) is 27.3 Å². The van der Waals surface area contributed by atoms with Gasteiger partial charge in [0.05, 0.1) is 26.5 Å². The molecule has 1 unspecified atom stereocenters. The SMILES string of the molecule is CCNC(=NCc1ncc(C(C)(C)C)o1)NCC(O)c1ccc(OC)c(OC)c1. The maximum atomic E-state index is 10.5. The van der Waals surface area contributed by atoms with Crippen LogP contribution in [-0.4, -0.2) is 43.4 Å². The van der Waals surface area contributed by atoms with E-state index in [0.717, 1.165) is 5.76 Å². The molecule has 1 aromatic heterocycles. The van der Waals surface area contributed by atoms with E-state index in [2.05, 4.69) is 41.4 Å². The summed E-state index contributed by atoms with van der Waals surface area (Å²) in [5.41, 5.74) is 0.620. The second-order valence-electron chi connectivity index (χ2n) is 7.57. The second kappa shape index (κ2) is 10.2. The normalized spacial score (nSPS) is 13.1. The Hall–Kier alpha value is -2.74. The summed E-state index contributed by atoms with van der Waals surface area (Å²) < 4.78 is 16.3. The highest BCUT2D eigenvalue weighted by Crippen LogP contribution is 2.29. The number of nitrogens with one attached hydrogen (secondary N) is 2. The van der Waals surface area contributed by atoms with E-state index in [-0.39, 0.29) is 12.0 Å². The molecule has 29 heavy (non-hydrogen) atoms. The van der Waals surface area contributed by atoms with Gasteiger partial charge in [0.15, 0.2) is 17.5 Å². The van der Waals surface area contributed by atoms with Gasteiger partial charge in [0.1, 0.15) is 12.3 Å². The third kappa shape index (κ3) is 6.39. The molecule has 0 radical (unpaired) electrons. The molecule has 0 aliphatic carbocycles. The van der Waals surface area contributed by atoms with Gasteiger partial charge in [-0.1, -0.05) is 26.8 Å². The zero-order valence-corrected chi connectivity index (χ0v) is 18.1. The van der Waals surface area contributed by atoms with Gasteiger partial charge in [-0.15, -0.1) is 0 Å². The highest BCUT2D eigenvalue weighted by molar-refractivity contribution is 5.79. The third-order valence-corrected chi connectivity index (χ3v) is 4.26. The highest BCUT2D eigenvalue weighted by Gasteiger charge is 2.19. The number of aliphatic hydroxyl groups excluding tert-OH is 1. The molecule has 1 atom stereocenters. The van der Waals surface area contributed by atoms with E-state index in [1.165, 1.54) is 0 Å². The van der Waals surface area contributed by atoms with Crippen molar-refractivity contribution in [3.8, 4) is 11.5 Å². The molecular formula is C21H32N4O4. The van der Waals surface area contributed by atoms with Crippen molar-refractivity contribution in [2.45, 2.75) is 45.8 Å². The fourth-order valence-corrected chi connectivity index (χ4v) is 2.59. The Labute approximate surface area is 172 Å². The van der Waals surface area contributed by atoms with Crippen molar-refractivity contribution in [3.63, 3.8) is 0 Å². The Kier molecular flexibility index (Phi) is 7.90. The maximum Gasteiger partial charge on any atom is 0.216 e. The average Bonchev–Trinajstić information content (AvgIpc) is 3.18. The van der Waals surface area contributed by atoms with Gasteiger partial charge < -0.3 is 29.6 Å². The van der Waals surface area contributed by atoms with Crippen LogP contribution in [0.4, 0.5) is 0 Å². The maximum absolute atomic E-state index is 10.5. The number of aliphatic imine (C=N–C) groups is 1. The molecule has 8 heteroatoms. The number of guanidine groups is 1. The Bertz CT molecular complexity index is 811. The first-order valence-electron chi connectivity index (χ1n) is 9.65. The molecule has 0 aliphatic heterocycles. The monoisotopic (exact) mass is 404 g/mol. The summed E-state index contributed by atoms with van der Waals surface area (Å²) in [4.78, 5) is 8.78. The van der Waals surface area contributed by atoms with Gasteiger partial charge in [-0.05, 0) is 24.6 Å². The lowest BCUT2D eigenvalue weighted by Gasteiger charge is -2.17. The first-order chi connectivity index (χ1) is 13.8. The van der Waals surface area contributed by atoms with E-state index in [9.17, 15) is 5.11 Å². The predicted molar refractivity (Wildman–Crippen MR) is 113 cm³/mol. The van der Waals surface area contributed by atoms with E-state index in [0.29, 0.717) is 42.0 Å². The van der Waals surface area contributed by atoms with E-state index in [1.807, 2.05) is 6.92 Å². The lowest BCUT2D eigenvalue weighted by Crippen LogP contribution is -2.39. The van der Waals surface area contributed by atoms with Gasteiger partial charge in [-0.2, -0.15) is 0 Å². The Morgan fingerprint density at radius 2 is 1.93 bits per heavy atom. The van der Waals surface area contributed by atoms with Crippen molar-refractivity contribution < 1.29 is 19.0 Å². The van der Waals surface area contributed by atoms with E-state index >= 15 is 0 Å². The number of oxazole rings is 1. The van der Waals surface area contributed by atoms with Crippen LogP contribution < -0.4 is 20.1 Å².